The van der Waals surface area contributed by atoms with Crippen LogP contribution in [0.3, 0.4) is 0 Å². The molecule has 1 fully saturated rings. The van der Waals surface area contributed by atoms with Gasteiger partial charge in [0, 0.05) is 12.0 Å². The number of halogens is 4. The van der Waals surface area contributed by atoms with E-state index in [0.29, 0.717) is 22.8 Å². The highest BCUT2D eigenvalue weighted by Crippen LogP contribution is 2.37. The van der Waals surface area contributed by atoms with Crippen LogP contribution >= 0.6 is 23.2 Å². The molecule has 0 unspecified atom stereocenters. The van der Waals surface area contributed by atoms with E-state index in [1.807, 2.05) is 0 Å². The molecule has 1 aromatic carbocycles. The number of carbonyl (C=O) groups is 2. The molecule has 0 amide bonds. The Labute approximate surface area is 197 Å². The average Bonchev–Trinajstić information content (AvgIpc) is 3.52. The quantitative estimate of drug-likeness (QED) is 0.209. The standard InChI is InChI=1S/C21H19Cl2F2NO7/c22-14-8-26(30)9-15(23)13(14)6-17(32-20(29)7-19(27)28)12-3-4-16(33-21(24)25)18(5-12)31-10-11-1-2-11/h3-5,8-9,11,17,21H,1-2,6-7,10H2,(H,27,28)/t17-/m0/s1. The molecule has 178 valence electrons. The Hall–Kier alpha value is -2.85. The van der Waals surface area contributed by atoms with Crippen LogP contribution in [0.2, 0.25) is 10.0 Å². The van der Waals surface area contributed by atoms with Crippen molar-refractivity contribution in [2.75, 3.05) is 6.61 Å². The summed E-state index contributed by atoms with van der Waals surface area (Å²) in [4.78, 5) is 23.0. The van der Waals surface area contributed by atoms with Gasteiger partial charge in [0.25, 0.3) is 0 Å². The highest BCUT2D eigenvalue weighted by Gasteiger charge is 2.26. The van der Waals surface area contributed by atoms with E-state index >= 15 is 0 Å². The van der Waals surface area contributed by atoms with Crippen molar-refractivity contribution in [1.82, 2.24) is 0 Å². The molecule has 12 heteroatoms. The number of carboxylic acids is 1. The van der Waals surface area contributed by atoms with Crippen LogP contribution in [-0.2, 0) is 20.7 Å². The Kier molecular flexibility index (Phi) is 8.15. The van der Waals surface area contributed by atoms with E-state index in [0.717, 1.165) is 25.2 Å². The summed E-state index contributed by atoms with van der Waals surface area (Å²) < 4.78 is 41.5. The first-order chi connectivity index (χ1) is 15.6. The lowest BCUT2D eigenvalue weighted by Gasteiger charge is -2.21. The maximum Gasteiger partial charge on any atom is 0.387 e. The molecule has 1 saturated carbocycles. The molecule has 3 rings (SSSR count). The van der Waals surface area contributed by atoms with Crippen LogP contribution in [0.1, 0.15) is 36.5 Å². The zero-order chi connectivity index (χ0) is 24.1. The number of esters is 1. The van der Waals surface area contributed by atoms with Crippen molar-refractivity contribution in [3.8, 4) is 11.5 Å². The molecule has 1 aliphatic carbocycles. The van der Waals surface area contributed by atoms with Gasteiger partial charge in [-0.1, -0.05) is 29.3 Å². The molecule has 0 bridgehead atoms. The highest BCUT2D eigenvalue weighted by atomic mass is 35.5. The summed E-state index contributed by atoms with van der Waals surface area (Å²) in [6, 6.07) is 3.98. The number of hydrogen-bond acceptors (Lipinski definition) is 6. The number of alkyl halides is 2. The number of rotatable bonds is 11. The van der Waals surface area contributed by atoms with Crippen molar-refractivity contribution >= 4 is 35.1 Å². The normalized spacial score (nSPS) is 14.1. The van der Waals surface area contributed by atoms with Crippen LogP contribution in [-0.4, -0.2) is 30.3 Å². The molecular formula is C21H19Cl2F2NO7. The van der Waals surface area contributed by atoms with Gasteiger partial charge in [0.1, 0.15) is 22.6 Å². The first-order valence-corrected chi connectivity index (χ1v) is 10.6. The number of aromatic nitrogens is 1. The van der Waals surface area contributed by atoms with Gasteiger partial charge in [-0.15, -0.1) is 0 Å². The predicted octanol–water partition coefficient (Wildman–Crippen LogP) is 4.32. The van der Waals surface area contributed by atoms with Gasteiger partial charge in [-0.25, -0.2) is 0 Å². The summed E-state index contributed by atoms with van der Waals surface area (Å²) in [5.74, 6) is -2.30. The average molecular weight is 506 g/mol. The van der Waals surface area contributed by atoms with Gasteiger partial charge in [0.2, 0.25) is 0 Å². The van der Waals surface area contributed by atoms with E-state index in [1.165, 1.54) is 18.2 Å². The van der Waals surface area contributed by atoms with Crippen LogP contribution < -0.4 is 14.2 Å². The monoisotopic (exact) mass is 505 g/mol. The summed E-state index contributed by atoms with van der Waals surface area (Å²) in [7, 11) is 0. The third kappa shape index (κ3) is 7.33. The number of hydrogen-bond donors (Lipinski definition) is 1. The second kappa shape index (κ2) is 10.8. The summed E-state index contributed by atoms with van der Waals surface area (Å²) in [5.41, 5.74) is 0.569. The fraction of sp³-hybridized carbons (Fsp3) is 0.381. The molecule has 2 aromatic rings. The minimum Gasteiger partial charge on any atom is -0.619 e. The van der Waals surface area contributed by atoms with E-state index in [2.05, 4.69) is 4.74 Å². The molecule has 1 N–H and O–H groups in total. The molecule has 0 aliphatic heterocycles. The van der Waals surface area contributed by atoms with Crippen LogP contribution in [0.4, 0.5) is 8.78 Å². The Morgan fingerprint density at radius 1 is 1.18 bits per heavy atom. The van der Waals surface area contributed by atoms with Gasteiger partial charge in [0.15, 0.2) is 23.9 Å². The first kappa shape index (κ1) is 24.8. The van der Waals surface area contributed by atoms with Crippen LogP contribution in [0, 0.1) is 11.1 Å². The van der Waals surface area contributed by atoms with Gasteiger partial charge < -0.3 is 24.5 Å². The summed E-state index contributed by atoms with van der Waals surface area (Å²) in [6.45, 7) is -2.78. The molecule has 1 aliphatic rings. The molecule has 0 spiro atoms. The Balaban J connectivity index is 1.94. The zero-order valence-corrected chi connectivity index (χ0v) is 18.5. The molecule has 0 saturated heterocycles. The molecule has 1 heterocycles. The minimum atomic E-state index is -3.08. The van der Waals surface area contributed by atoms with E-state index in [1.54, 1.807) is 0 Å². The van der Waals surface area contributed by atoms with Crippen molar-refractivity contribution in [2.45, 2.75) is 38.4 Å². The number of nitrogens with zero attached hydrogens (tertiary/aromatic N) is 1. The lowest BCUT2D eigenvalue weighted by atomic mass is 10.0. The number of carbonyl (C=O) groups excluding carboxylic acids is 1. The van der Waals surface area contributed by atoms with Crippen LogP contribution in [0.15, 0.2) is 30.6 Å². The smallest absolute Gasteiger partial charge is 0.387 e. The Morgan fingerprint density at radius 2 is 1.85 bits per heavy atom. The number of ether oxygens (including phenoxy) is 3. The third-order valence-corrected chi connectivity index (χ3v) is 5.40. The third-order valence-electron chi connectivity index (χ3n) is 4.74. The van der Waals surface area contributed by atoms with Gasteiger partial charge >= 0.3 is 18.6 Å². The maximum absolute atomic E-state index is 12.8. The van der Waals surface area contributed by atoms with E-state index in [-0.39, 0.29) is 33.5 Å². The van der Waals surface area contributed by atoms with Crippen molar-refractivity contribution in [3.63, 3.8) is 0 Å². The largest absolute Gasteiger partial charge is 0.619 e. The second-order valence-corrected chi connectivity index (χ2v) is 8.20. The topological polar surface area (TPSA) is 109 Å². The number of benzene rings is 1. The first-order valence-electron chi connectivity index (χ1n) is 9.82. The summed E-state index contributed by atoms with van der Waals surface area (Å²) in [6.07, 6.45) is 1.91. The van der Waals surface area contributed by atoms with Crippen LogP contribution in [0.25, 0.3) is 0 Å². The molecule has 1 atom stereocenters. The van der Waals surface area contributed by atoms with Crippen molar-refractivity contribution in [3.05, 3.63) is 57.0 Å². The van der Waals surface area contributed by atoms with Gasteiger partial charge in [-0.3, -0.25) is 9.59 Å². The van der Waals surface area contributed by atoms with Crippen LogP contribution in [0.5, 0.6) is 11.5 Å². The molecule has 1 aromatic heterocycles. The van der Waals surface area contributed by atoms with Crippen molar-refractivity contribution in [1.29, 1.82) is 0 Å². The number of pyridine rings is 1. The lowest BCUT2D eigenvalue weighted by molar-refractivity contribution is -0.605. The van der Waals surface area contributed by atoms with E-state index < -0.39 is 31.1 Å². The zero-order valence-electron chi connectivity index (χ0n) is 17.0. The Morgan fingerprint density at radius 3 is 2.42 bits per heavy atom. The van der Waals surface area contributed by atoms with Gasteiger partial charge in [-0.05, 0) is 36.5 Å². The molecule has 33 heavy (non-hydrogen) atoms. The number of carboxylic acid groups (broad SMARTS) is 1. The predicted molar refractivity (Wildman–Crippen MR) is 112 cm³/mol. The summed E-state index contributed by atoms with van der Waals surface area (Å²) in [5, 5.41) is 20.4. The highest BCUT2D eigenvalue weighted by molar-refractivity contribution is 6.35. The summed E-state index contributed by atoms with van der Waals surface area (Å²) >= 11 is 12.2. The molecular weight excluding hydrogens is 487 g/mol. The number of aliphatic carboxylic acids is 1. The van der Waals surface area contributed by atoms with Crippen molar-refractivity contribution in [2.24, 2.45) is 5.92 Å². The Bertz CT molecular complexity index is 1010. The fourth-order valence-corrected chi connectivity index (χ4v) is 3.58. The minimum absolute atomic E-state index is 0.000329. The van der Waals surface area contributed by atoms with E-state index in [9.17, 15) is 23.6 Å². The van der Waals surface area contributed by atoms with Crippen molar-refractivity contribution < 1.29 is 42.4 Å². The maximum atomic E-state index is 12.8. The molecule has 8 nitrogen and oxygen atoms in total. The fourth-order valence-electron chi connectivity index (χ4n) is 2.99. The van der Waals surface area contributed by atoms with Gasteiger partial charge in [0.05, 0.1) is 6.61 Å². The second-order valence-electron chi connectivity index (χ2n) is 7.38. The SMILES string of the molecule is O=C(O)CC(=O)O[C@@H](Cc1c(Cl)c[n+]([O-])cc1Cl)c1ccc(OC(F)F)c(OCC2CC2)c1. The lowest BCUT2D eigenvalue weighted by Crippen LogP contribution is -2.25. The van der Waals surface area contributed by atoms with E-state index in [4.69, 9.17) is 37.8 Å². The molecule has 0 radical (unpaired) electrons. The van der Waals surface area contributed by atoms with Gasteiger partial charge in [-0.2, -0.15) is 13.5 Å².